The molecular formula is C12H10BrNO3S. The Morgan fingerprint density at radius 1 is 1.44 bits per heavy atom. The quantitative estimate of drug-likeness (QED) is 0.844. The van der Waals surface area contributed by atoms with Crippen LogP contribution < -0.4 is 10.5 Å². The summed E-state index contributed by atoms with van der Waals surface area (Å²) in [5.41, 5.74) is 5.92. The van der Waals surface area contributed by atoms with Crippen LogP contribution in [0.25, 0.3) is 0 Å². The van der Waals surface area contributed by atoms with E-state index >= 15 is 0 Å². The lowest BCUT2D eigenvalue weighted by Gasteiger charge is -2.07. The topological polar surface area (TPSA) is 72.5 Å². The van der Waals surface area contributed by atoms with Crippen molar-refractivity contribution in [3.63, 3.8) is 0 Å². The summed E-state index contributed by atoms with van der Waals surface area (Å²) in [7, 11) is 0. The van der Waals surface area contributed by atoms with Crippen molar-refractivity contribution in [1.29, 1.82) is 0 Å². The molecule has 0 amide bonds. The number of hydrogen-bond donors (Lipinski definition) is 2. The molecule has 0 radical (unpaired) electrons. The van der Waals surface area contributed by atoms with Crippen molar-refractivity contribution in [3.8, 4) is 5.75 Å². The van der Waals surface area contributed by atoms with Crippen molar-refractivity contribution >= 4 is 38.9 Å². The van der Waals surface area contributed by atoms with Crippen LogP contribution >= 0.6 is 27.3 Å². The van der Waals surface area contributed by atoms with Gasteiger partial charge in [0.05, 0.1) is 10.4 Å². The summed E-state index contributed by atoms with van der Waals surface area (Å²) < 4.78 is 6.56. The van der Waals surface area contributed by atoms with E-state index in [0.29, 0.717) is 12.4 Å². The molecule has 1 aromatic carbocycles. The molecule has 2 aromatic rings. The lowest BCUT2D eigenvalue weighted by Crippen LogP contribution is -2.03. The minimum Gasteiger partial charge on any atom is -0.488 e. The fourth-order valence-corrected chi connectivity index (χ4v) is 2.78. The Morgan fingerprint density at radius 2 is 2.22 bits per heavy atom. The standard InChI is InChI=1S/C12H10BrNO3S/c13-9-3-4-18-11(9)6-17-7-1-2-8(12(15)16)10(14)5-7/h1-5H,6,14H2,(H,15,16). The molecule has 0 saturated carbocycles. The van der Waals surface area contributed by atoms with E-state index in [1.807, 2.05) is 11.4 Å². The molecule has 1 aromatic heterocycles. The molecule has 0 aliphatic heterocycles. The second kappa shape index (κ2) is 5.41. The van der Waals surface area contributed by atoms with Gasteiger partial charge in [-0.15, -0.1) is 11.3 Å². The molecule has 0 bridgehead atoms. The summed E-state index contributed by atoms with van der Waals surface area (Å²) in [4.78, 5) is 11.9. The minimum atomic E-state index is -1.04. The molecule has 2 rings (SSSR count). The van der Waals surface area contributed by atoms with Crippen LogP contribution in [-0.2, 0) is 6.61 Å². The fourth-order valence-electron chi connectivity index (χ4n) is 1.40. The maximum atomic E-state index is 10.8. The smallest absolute Gasteiger partial charge is 0.337 e. The first kappa shape index (κ1) is 12.9. The number of benzene rings is 1. The maximum absolute atomic E-state index is 10.8. The summed E-state index contributed by atoms with van der Waals surface area (Å²) in [5, 5.41) is 10.8. The second-order valence-electron chi connectivity index (χ2n) is 3.53. The van der Waals surface area contributed by atoms with Crippen LogP contribution in [0.4, 0.5) is 5.69 Å². The highest BCUT2D eigenvalue weighted by Gasteiger charge is 2.09. The number of carboxylic acid groups (broad SMARTS) is 1. The number of carbonyl (C=O) groups is 1. The Hall–Kier alpha value is -1.53. The lowest BCUT2D eigenvalue weighted by atomic mass is 10.2. The molecule has 0 aliphatic carbocycles. The molecule has 1 heterocycles. The highest BCUT2D eigenvalue weighted by molar-refractivity contribution is 9.10. The van der Waals surface area contributed by atoms with Gasteiger partial charge in [0.15, 0.2) is 0 Å². The fraction of sp³-hybridized carbons (Fsp3) is 0.0833. The second-order valence-corrected chi connectivity index (χ2v) is 5.39. The zero-order valence-corrected chi connectivity index (χ0v) is 11.6. The Balaban J connectivity index is 2.09. The van der Waals surface area contributed by atoms with Crippen LogP contribution in [0.5, 0.6) is 5.75 Å². The van der Waals surface area contributed by atoms with Crippen LogP contribution in [0.15, 0.2) is 34.1 Å². The SMILES string of the molecule is Nc1cc(OCc2sccc2Br)ccc1C(=O)O. The van der Waals surface area contributed by atoms with Crippen LogP contribution in [0, 0.1) is 0 Å². The predicted molar refractivity (Wildman–Crippen MR) is 74.2 cm³/mol. The minimum absolute atomic E-state index is 0.0830. The van der Waals surface area contributed by atoms with Gasteiger partial charge in [-0.3, -0.25) is 0 Å². The molecule has 0 aliphatic rings. The zero-order chi connectivity index (χ0) is 13.1. The Morgan fingerprint density at radius 3 is 2.78 bits per heavy atom. The van der Waals surface area contributed by atoms with E-state index in [2.05, 4.69) is 15.9 Å². The van der Waals surface area contributed by atoms with Gasteiger partial charge < -0.3 is 15.6 Å². The van der Waals surface area contributed by atoms with Crippen LogP contribution in [-0.4, -0.2) is 11.1 Å². The predicted octanol–water partition coefficient (Wildman–Crippen LogP) is 3.37. The largest absolute Gasteiger partial charge is 0.488 e. The number of hydrogen-bond acceptors (Lipinski definition) is 4. The van der Waals surface area contributed by atoms with Crippen molar-refractivity contribution < 1.29 is 14.6 Å². The number of ether oxygens (including phenoxy) is 1. The first-order chi connectivity index (χ1) is 8.58. The zero-order valence-electron chi connectivity index (χ0n) is 9.22. The molecule has 3 N–H and O–H groups in total. The number of halogens is 1. The van der Waals surface area contributed by atoms with Gasteiger partial charge in [-0.2, -0.15) is 0 Å². The van der Waals surface area contributed by atoms with Gasteiger partial charge in [0.1, 0.15) is 12.4 Å². The first-order valence-electron chi connectivity index (χ1n) is 5.05. The Kier molecular flexibility index (Phi) is 3.88. The Labute approximate surface area is 116 Å². The summed E-state index contributed by atoms with van der Waals surface area (Å²) in [6.07, 6.45) is 0. The average molecular weight is 328 g/mol. The summed E-state index contributed by atoms with van der Waals surface area (Å²) in [6.45, 7) is 0.421. The maximum Gasteiger partial charge on any atom is 0.337 e. The average Bonchev–Trinajstić information content (AvgIpc) is 2.72. The third kappa shape index (κ3) is 2.83. The monoisotopic (exact) mass is 327 g/mol. The Bertz CT molecular complexity index is 582. The van der Waals surface area contributed by atoms with E-state index in [0.717, 1.165) is 9.35 Å². The first-order valence-corrected chi connectivity index (χ1v) is 6.72. The van der Waals surface area contributed by atoms with E-state index in [1.165, 1.54) is 12.1 Å². The van der Waals surface area contributed by atoms with Gasteiger partial charge in [-0.05, 0) is 39.5 Å². The molecule has 4 nitrogen and oxygen atoms in total. The number of rotatable bonds is 4. The number of anilines is 1. The summed E-state index contributed by atoms with van der Waals surface area (Å²) in [5.74, 6) is -0.488. The van der Waals surface area contributed by atoms with E-state index in [9.17, 15) is 4.79 Å². The van der Waals surface area contributed by atoms with Crippen molar-refractivity contribution in [2.24, 2.45) is 0 Å². The highest BCUT2D eigenvalue weighted by Crippen LogP contribution is 2.26. The van der Waals surface area contributed by atoms with Gasteiger partial charge >= 0.3 is 5.97 Å². The number of nitrogens with two attached hydrogens (primary N) is 1. The van der Waals surface area contributed by atoms with Gasteiger partial charge in [-0.1, -0.05) is 0 Å². The molecular weight excluding hydrogens is 318 g/mol. The molecule has 18 heavy (non-hydrogen) atoms. The third-order valence-corrected chi connectivity index (χ3v) is 4.21. The van der Waals surface area contributed by atoms with E-state index in [-0.39, 0.29) is 11.3 Å². The number of carboxylic acids is 1. The normalized spacial score (nSPS) is 10.3. The van der Waals surface area contributed by atoms with Crippen molar-refractivity contribution in [3.05, 3.63) is 44.6 Å². The van der Waals surface area contributed by atoms with Crippen LogP contribution in [0.3, 0.4) is 0 Å². The van der Waals surface area contributed by atoms with Crippen LogP contribution in [0.2, 0.25) is 0 Å². The van der Waals surface area contributed by atoms with E-state index in [1.54, 1.807) is 17.4 Å². The molecule has 0 fully saturated rings. The van der Waals surface area contributed by atoms with E-state index < -0.39 is 5.97 Å². The molecule has 0 unspecified atom stereocenters. The number of aromatic carboxylic acids is 1. The van der Waals surface area contributed by atoms with Crippen molar-refractivity contribution in [2.45, 2.75) is 6.61 Å². The van der Waals surface area contributed by atoms with Gasteiger partial charge in [0, 0.05) is 16.2 Å². The molecule has 0 saturated heterocycles. The van der Waals surface area contributed by atoms with Crippen molar-refractivity contribution in [2.75, 3.05) is 5.73 Å². The highest BCUT2D eigenvalue weighted by atomic mass is 79.9. The molecule has 6 heteroatoms. The number of thiophene rings is 1. The van der Waals surface area contributed by atoms with Crippen molar-refractivity contribution in [1.82, 2.24) is 0 Å². The van der Waals surface area contributed by atoms with Gasteiger partial charge in [-0.25, -0.2) is 4.79 Å². The third-order valence-electron chi connectivity index (χ3n) is 2.31. The van der Waals surface area contributed by atoms with Gasteiger partial charge in [0.2, 0.25) is 0 Å². The van der Waals surface area contributed by atoms with Gasteiger partial charge in [0.25, 0.3) is 0 Å². The summed E-state index contributed by atoms with van der Waals surface area (Å²) >= 11 is 5.00. The number of nitrogen functional groups attached to an aromatic ring is 1. The van der Waals surface area contributed by atoms with E-state index in [4.69, 9.17) is 15.6 Å². The molecule has 0 spiro atoms. The lowest BCUT2D eigenvalue weighted by molar-refractivity contribution is 0.0698. The van der Waals surface area contributed by atoms with Crippen LogP contribution in [0.1, 0.15) is 15.2 Å². The summed E-state index contributed by atoms with van der Waals surface area (Å²) in [6, 6.07) is 6.51. The molecule has 0 atom stereocenters. The molecule has 94 valence electrons.